The first-order valence-electron chi connectivity index (χ1n) is 10.6. The Morgan fingerprint density at radius 3 is 2.52 bits per heavy atom. The number of carbonyl (C=O) groups excluding carboxylic acids is 3. The maximum atomic E-state index is 13.0. The third-order valence-corrected chi connectivity index (χ3v) is 5.23. The van der Waals surface area contributed by atoms with Crippen molar-refractivity contribution in [1.82, 2.24) is 5.01 Å². The van der Waals surface area contributed by atoms with Crippen LogP contribution < -0.4 is 5.32 Å². The molecule has 0 fully saturated rings. The SMILES string of the molecule is CCOC(=O)C1(C)CN(C(=O)Nc2cccc(C(=O)OC(C)C)c2)N=C1c1ccc(Cl)cc1. The molecule has 0 saturated heterocycles. The Labute approximate surface area is 197 Å². The van der Waals surface area contributed by atoms with Crippen LogP contribution in [0.2, 0.25) is 5.02 Å². The summed E-state index contributed by atoms with van der Waals surface area (Å²) in [6, 6.07) is 12.7. The Balaban J connectivity index is 1.85. The van der Waals surface area contributed by atoms with Crippen molar-refractivity contribution >= 4 is 41.0 Å². The first-order chi connectivity index (χ1) is 15.6. The van der Waals surface area contributed by atoms with E-state index in [1.54, 1.807) is 70.2 Å². The number of hydrogen-bond donors (Lipinski definition) is 1. The smallest absolute Gasteiger partial charge is 0.342 e. The molecule has 1 aliphatic rings. The standard InChI is InChI=1S/C24H26ClN3O5/c1-5-32-22(30)24(4)14-28(27-20(24)16-9-11-18(25)12-10-16)23(31)26-19-8-6-7-17(13-19)21(29)33-15(2)3/h6-13,15H,5,14H2,1-4H3,(H,26,31). The van der Waals surface area contributed by atoms with E-state index >= 15 is 0 Å². The summed E-state index contributed by atoms with van der Waals surface area (Å²) in [6.45, 7) is 7.12. The van der Waals surface area contributed by atoms with Crippen molar-refractivity contribution in [2.45, 2.75) is 33.8 Å². The van der Waals surface area contributed by atoms with E-state index in [0.717, 1.165) is 0 Å². The number of hydrazone groups is 1. The second-order valence-electron chi connectivity index (χ2n) is 8.03. The molecule has 0 spiro atoms. The lowest BCUT2D eigenvalue weighted by atomic mass is 9.82. The van der Waals surface area contributed by atoms with Gasteiger partial charge in [0.05, 0.1) is 30.5 Å². The number of rotatable bonds is 6. The topological polar surface area (TPSA) is 97.3 Å². The summed E-state index contributed by atoms with van der Waals surface area (Å²) in [5, 5.41) is 8.88. The van der Waals surface area contributed by atoms with Crippen molar-refractivity contribution in [3.8, 4) is 0 Å². The van der Waals surface area contributed by atoms with Gasteiger partial charge in [0.2, 0.25) is 0 Å². The van der Waals surface area contributed by atoms with E-state index in [0.29, 0.717) is 27.5 Å². The van der Waals surface area contributed by atoms with E-state index in [1.165, 1.54) is 11.1 Å². The number of urea groups is 1. The minimum atomic E-state index is -1.16. The van der Waals surface area contributed by atoms with Crippen LogP contribution in [0.3, 0.4) is 0 Å². The summed E-state index contributed by atoms with van der Waals surface area (Å²) in [7, 11) is 0. The molecule has 174 valence electrons. The molecule has 1 atom stereocenters. The highest BCUT2D eigenvalue weighted by molar-refractivity contribution is 6.30. The van der Waals surface area contributed by atoms with E-state index in [4.69, 9.17) is 21.1 Å². The predicted octanol–water partition coefficient (Wildman–Crippen LogP) is 4.73. The van der Waals surface area contributed by atoms with Gasteiger partial charge in [0.25, 0.3) is 0 Å². The minimum Gasteiger partial charge on any atom is -0.465 e. The quantitative estimate of drug-likeness (QED) is 0.614. The molecule has 0 bridgehead atoms. The minimum absolute atomic E-state index is 0.00922. The van der Waals surface area contributed by atoms with Gasteiger partial charge in [-0.3, -0.25) is 4.79 Å². The molecular formula is C24H26ClN3O5. The second kappa shape index (κ2) is 10.0. The van der Waals surface area contributed by atoms with Crippen LogP contribution in [0.15, 0.2) is 53.6 Å². The second-order valence-corrected chi connectivity index (χ2v) is 8.47. The maximum absolute atomic E-state index is 13.0. The summed E-state index contributed by atoms with van der Waals surface area (Å²) in [4.78, 5) is 38.0. The first kappa shape index (κ1) is 24.3. The molecule has 3 rings (SSSR count). The molecule has 8 nitrogen and oxygen atoms in total. The molecule has 1 heterocycles. The lowest BCUT2D eigenvalue weighted by Gasteiger charge is -2.24. The van der Waals surface area contributed by atoms with Gasteiger partial charge in [-0.1, -0.05) is 29.8 Å². The van der Waals surface area contributed by atoms with Crippen molar-refractivity contribution < 1.29 is 23.9 Å². The number of carbonyl (C=O) groups is 3. The average Bonchev–Trinajstić information content (AvgIpc) is 3.13. The largest absolute Gasteiger partial charge is 0.465 e. The highest BCUT2D eigenvalue weighted by Crippen LogP contribution is 2.33. The highest BCUT2D eigenvalue weighted by Gasteiger charge is 2.48. The number of nitrogens with zero attached hydrogens (tertiary/aromatic N) is 2. The fourth-order valence-corrected chi connectivity index (χ4v) is 3.51. The van der Waals surface area contributed by atoms with Gasteiger partial charge in [0, 0.05) is 10.7 Å². The van der Waals surface area contributed by atoms with E-state index in [1.807, 2.05) is 0 Å². The van der Waals surface area contributed by atoms with E-state index in [-0.39, 0.29) is 19.3 Å². The van der Waals surface area contributed by atoms with Crippen LogP contribution in [0.4, 0.5) is 10.5 Å². The molecule has 2 aromatic rings. The average molecular weight is 472 g/mol. The summed E-state index contributed by atoms with van der Waals surface area (Å²) < 4.78 is 10.5. The summed E-state index contributed by atoms with van der Waals surface area (Å²) in [5.41, 5.74) is 0.603. The molecule has 9 heteroatoms. The summed E-state index contributed by atoms with van der Waals surface area (Å²) in [5.74, 6) is -0.965. The number of anilines is 1. The van der Waals surface area contributed by atoms with Crippen molar-refractivity contribution in [1.29, 1.82) is 0 Å². The van der Waals surface area contributed by atoms with E-state index in [2.05, 4.69) is 10.4 Å². The molecule has 33 heavy (non-hydrogen) atoms. The summed E-state index contributed by atoms with van der Waals surface area (Å²) in [6.07, 6.45) is -0.262. The molecule has 0 saturated carbocycles. The van der Waals surface area contributed by atoms with Gasteiger partial charge in [-0.15, -0.1) is 0 Å². The van der Waals surface area contributed by atoms with Crippen molar-refractivity contribution in [3.05, 3.63) is 64.7 Å². The van der Waals surface area contributed by atoms with Crippen molar-refractivity contribution in [2.24, 2.45) is 10.5 Å². The Bertz CT molecular complexity index is 1080. The number of halogens is 1. The monoisotopic (exact) mass is 471 g/mol. The molecule has 2 amide bonds. The van der Waals surface area contributed by atoms with E-state index < -0.39 is 23.4 Å². The van der Waals surface area contributed by atoms with Crippen LogP contribution in [-0.2, 0) is 14.3 Å². The first-order valence-corrected chi connectivity index (χ1v) is 10.9. The number of nitrogens with one attached hydrogen (secondary N) is 1. The fraction of sp³-hybridized carbons (Fsp3) is 0.333. The van der Waals surface area contributed by atoms with Gasteiger partial charge in [0.1, 0.15) is 5.41 Å². The van der Waals surface area contributed by atoms with Crippen LogP contribution in [-0.4, -0.2) is 47.9 Å². The lowest BCUT2D eigenvalue weighted by Crippen LogP contribution is -2.42. The normalized spacial score (nSPS) is 17.5. The zero-order valence-corrected chi connectivity index (χ0v) is 19.7. The Kier molecular flexibility index (Phi) is 7.38. The number of hydrogen-bond acceptors (Lipinski definition) is 6. The lowest BCUT2D eigenvalue weighted by molar-refractivity contribution is -0.150. The highest BCUT2D eigenvalue weighted by atomic mass is 35.5. The van der Waals surface area contributed by atoms with Crippen LogP contribution in [0.1, 0.15) is 43.6 Å². The third-order valence-electron chi connectivity index (χ3n) is 4.98. The molecule has 0 aromatic heterocycles. The summed E-state index contributed by atoms with van der Waals surface area (Å²) >= 11 is 5.99. The maximum Gasteiger partial charge on any atom is 0.342 e. The van der Waals surface area contributed by atoms with Crippen molar-refractivity contribution in [3.63, 3.8) is 0 Å². The van der Waals surface area contributed by atoms with Gasteiger partial charge >= 0.3 is 18.0 Å². The Morgan fingerprint density at radius 1 is 1.18 bits per heavy atom. The Morgan fingerprint density at radius 2 is 1.88 bits per heavy atom. The number of ether oxygens (including phenoxy) is 2. The van der Waals surface area contributed by atoms with Crippen LogP contribution >= 0.6 is 11.6 Å². The zero-order valence-electron chi connectivity index (χ0n) is 18.9. The van der Waals surface area contributed by atoms with Gasteiger partial charge in [0.15, 0.2) is 0 Å². The molecule has 0 radical (unpaired) electrons. The van der Waals surface area contributed by atoms with Crippen LogP contribution in [0, 0.1) is 5.41 Å². The van der Waals surface area contributed by atoms with Crippen LogP contribution in [0.5, 0.6) is 0 Å². The van der Waals surface area contributed by atoms with Gasteiger partial charge in [-0.2, -0.15) is 5.10 Å². The molecule has 0 aliphatic carbocycles. The van der Waals surface area contributed by atoms with E-state index in [9.17, 15) is 14.4 Å². The molecule has 1 unspecified atom stereocenters. The number of benzene rings is 2. The van der Waals surface area contributed by atoms with Crippen LogP contribution in [0.25, 0.3) is 0 Å². The van der Waals surface area contributed by atoms with Crippen molar-refractivity contribution in [2.75, 3.05) is 18.5 Å². The predicted molar refractivity (Wildman–Crippen MR) is 125 cm³/mol. The molecule has 1 aliphatic heterocycles. The number of amides is 2. The zero-order chi connectivity index (χ0) is 24.2. The molecule has 2 aromatic carbocycles. The van der Waals surface area contributed by atoms with Gasteiger partial charge in [-0.25, -0.2) is 14.6 Å². The molecular weight excluding hydrogens is 446 g/mol. The number of esters is 2. The Hall–Kier alpha value is -3.39. The van der Waals surface area contributed by atoms with Gasteiger partial charge in [-0.05, 0) is 63.6 Å². The van der Waals surface area contributed by atoms with Gasteiger partial charge < -0.3 is 14.8 Å². The third kappa shape index (κ3) is 5.51. The fourth-order valence-electron chi connectivity index (χ4n) is 3.39. The molecule has 1 N–H and O–H groups in total.